The highest BCUT2D eigenvalue weighted by molar-refractivity contribution is 5.79. The second-order valence-corrected chi connectivity index (χ2v) is 3.00. The van der Waals surface area contributed by atoms with E-state index in [4.69, 9.17) is 14.3 Å². The summed E-state index contributed by atoms with van der Waals surface area (Å²) >= 11 is 0. The van der Waals surface area contributed by atoms with Crippen LogP contribution in [0.3, 0.4) is 0 Å². The van der Waals surface area contributed by atoms with Gasteiger partial charge in [0.15, 0.2) is 0 Å². The van der Waals surface area contributed by atoms with Crippen molar-refractivity contribution in [3.05, 3.63) is 30.0 Å². The maximum Gasteiger partial charge on any atom is 0.134 e. The summed E-state index contributed by atoms with van der Waals surface area (Å²) in [5.74, 6) is 1.40. The Balaban J connectivity index is 2.43. The molecule has 1 N–H and O–H groups in total. The third-order valence-electron chi connectivity index (χ3n) is 2.01. The standard InChI is InChI=1S/C11H12O3/c1-2-13-9-3-4-11-8(5-9)6-10(7-12)14-11/h3-6,12H,2,7H2,1H3. The number of hydrogen-bond acceptors (Lipinski definition) is 3. The van der Waals surface area contributed by atoms with Crippen molar-refractivity contribution in [1.29, 1.82) is 0 Å². The largest absolute Gasteiger partial charge is 0.494 e. The van der Waals surface area contributed by atoms with Crippen LogP contribution in [0, 0.1) is 0 Å². The zero-order chi connectivity index (χ0) is 9.97. The van der Waals surface area contributed by atoms with Crippen molar-refractivity contribution in [3.63, 3.8) is 0 Å². The molecule has 3 nitrogen and oxygen atoms in total. The molecule has 0 amide bonds. The number of benzene rings is 1. The van der Waals surface area contributed by atoms with Crippen LogP contribution in [-0.2, 0) is 6.61 Å². The highest BCUT2D eigenvalue weighted by atomic mass is 16.5. The van der Waals surface area contributed by atoms with Gasteiger partial charge in [0.1, 0.15) is 23.7 Å². The second-order valence-electron chi connectivity index (χ2n) is 3.00. The molecule has 1 aromatic heterocycles. The first-order chi connectivity index (χ1) is 6.83. The van der Waals surface area contributed by atoms with Crippen LogP contribution in [0.4, 0.5) is 0 Å². The number of fused-ring (bicyclic) bond motifs is 1. The van der Waals surface area contributed by atoms with Gasteiger partial charge in [0.25, 0.3) is 0 Å². The number of hydrogen-bond donors (Lipinski definition) is 1. The maximum atomic E-state index is 8.89. The molecule has 0 unspecified atom stereocenters. The fraction of sp³-hybridized carbons (Fsp3) is 0.273. The lowest BCUT2D eigenvalue weighted by molar-refractivity contribution is 0.251. The molecule has 0 aliphatic heterocycles. The fourth-order valence-electron chi connectivity index (χ4n) is 1.41. The SMILES string of the molecule is CCOc1ccc2oc(CO)cc2c1. The van der Waals surface area contributed by atoms with E-state index in [1.165, 1.54) is 0 Å². The first kappa shape index (κ1) is 9.09. The van der Waals surface area contributed by atoms with Crippen LogP contribution < -0.4 is 4.74 Å². The molecule has 0 fully saturated rings. The van der Waals surface area contributed by atoms with Gasteiger partial charge >= 0.3 is 0 Å². The van der Waals surface area contributed by atoms with Crippen LogP contribution in [0.1, 0.15) is 12.7 Å². The molecule has 14 heavy (non-hydrogen) atoms. The molecule has 3 heteroatoms. The van der Waals surface area contributed by atoms with Crippen molar-refractivity contribution >= 4 is 11.0 Å². The highest BCUT2D eigenvalue weighted by Gasteiger charge is 2.03. The minimum atomic E-state index is -0.0708. The van der Waals surface area contributed by atoms with Gasteiger partial charge in [-0.2, -0.15) is 0 Å². The van der Waals surface area contributed by atoms with Crippen molar-refractivity contribution in [3.8, 4) is 5.75 Å². The van der Waals surface area contributed by atoms with E-state index < -0.39 is 0 Å². The molecule has 0 aliphatic rings. The highest BCUT2D eigenvalue weighted by Crippen LogP contribution is 2.24. The van der Waals surface area contributed by atoms with Crippen LogP contribution in [0.2, 0.25) is 0 Å². The van der Waals surface area contributed by atoms with Gasteiger partial charge in [-0.05, 0) is 31.2 Å². The molecular formula is C11H12O3. The molecule has 0 aliphatic carbocycles. The van der Waals surface area contributed by atoms with E-state index in [1.807, 2.05) is 31.2 Å². The first-order valence-electron chi connectivity index (χ1n) is 4.59. The quantitative estimate of drug-likeness (QED) is 0.811. The molecule has 1 heterocycles. The molecule has 0 bridgehead atoms. The van der Waals surface area contributed by atoms with Crippen LogP contribution in [0.15, 0.2) is 28.7 Å². The van der Waals surface area contributed by atoms with E-state index in [9.17, 15) is 0 Å². The van der Waals surface area contributed by atoms with Crippen molar-refractivity contribution in [1.82, 2.24) is 0 Å². The van der Waals surface area contributed by atoms with Gasteiger partial charge in [0.05, 0.1) is 6.61 Å². The predicted molar refractivity (Wildman–Crippen MR) is 53.3 cm³/mol. The smallest absolute Gasteiger partial charge is 0.134 e. The van der Waals surface area contributed by atoms with Gasteiger partial charge in [0.2, 0.25) is 0 Å². The Morgan fingerprint density at radius 2 is 2.21 bits per heavy atom. The minimum Gasteiger partial charge on any atom is -0.494 e. The minimum absolute atomic E-state index is 0.0708. The number of rotatable bonds is 3. The van der Waals surface area contributed by atoms with Crippen LogP contribution in [0.5, 0.6) is 5.75 Å². The van der Waals surface area contributed by atoms with Crippen molar-refractivity contribution in [2.45, 2.75) is 13.5 Å². The summed E-state index contributed by atoms with van der Waals surface area (Å²) < 4.78 is 10.7. The lowest BCUT2D eigenvalue weighted by Gasteiger charge is -2.00. The lowest BCUT2D eigenvalue weighted by atomic mass is 10.2. The number of aliphatic hydroxyl groups excluding tert-OH is 1. The number of ether oxygens (including phenoxy) is 1. The average Bonchev–Trinajstić information content (AvgIpc) is 2.60. The monoisotopic (exact) mass is 192 g/mol. The molecule has 0 saturated carbocycles. The topological polar surface area (TPSA) is 42.6 Å². The summed E-state index contributed by atoms with van der Waals surface area (Å²) in [4.78, 5) is 0. The third-order valence-corrected chi connectivity index (χ3v) is 2.01. The van der Waals surface area contributed by atoms with Crippen LogP contribution >= 0.6 is 0 Å². The molecule has 2 rings (SSSR count). The Morgan fingerprint density at radius 1 is 1.36 bits per heavy atom. The van der Waals surface area contributed by atoms with Gasteiger partial charge in [-0.15, -0.1) is 0 Å². The van der Waals surface area contributed by atoms with Crippen molar-refractivity contribution < 1.29 is 14.3 Å². The molecule has 1 aromatic carbocycles. The van der Waals surface area contributed by atoms with E-state index >= 15 is 0 Å². The molecule has 0 spiro atoms. The fourth-order valence-corrected chi connectivity index (χ4v) is 1.41. The molecule has 0 radical (unpaired) electrons. The summed E-state index contributed by atoms with van der Waals surface area (Å²) in [6.07, 6.45) is 0. The van der Waals surface area contributed by atoms with Gasteiger partial charge in [-0.25, -0.2) is 0 Å². The summed E-state index contributed by atoms with van der Waals surface area (Å²) in [7, 11) is 0. The maximum absolute atomic E-state index is 8.89. The number of aliphatic hydroxyl groups is 1. The van der Waals surface area contributed by atoms with E-state index in [-0.39, 0.29) is 6.61 Å². The van der Waals surface area contributed by atoms with E-state index in [0.29, 0.717) is 12.4 Å². The summed E-state index contributed by atoms with van der Waals surface area (Å²) in [6, 6.07) is 7.43. The van der Waals surface area contributed by atoms with Crippen LogP contribution in [0.25, 0.3) is 11.0 Å². The third kappa shape index (κ3) is 1.59. The molecule has 0 atom stereocenters. The Bertz CT molecular complexity index is 431. The van der Waals surface area contributed by atoms with Gasteiger partial charge in [-0.1, -0.05) is 0 Å². The summed E-state index contributed by atoms with van der Waals surface area (Å²) in [6.45, 7) is 2.52. The molecule has 74 valence electrons. The first-order valence-corrected chi connectivity index (χ1v) is 4.59. The van der Waals surface area contributed by atoms with E-state index in [1.54, 1.807) is 0 Å². The van der Waals surface area contributed by atoms with Crippen molar-refractivity contribution in [2.24, 2.45) is 0 Å². The molecule has 2 aromatic rings. The van der Waals surface area contributed by atoms with E-state index in [0.717, 1.165) is 16.7 Å². The second kappa shape index (κ2) is 3.72. The van der Waals surface area contributed by atoms with E-state index in [2.05, 4.69) is 0 Å². The van der Waals surface area contributed by atoms with Gasteiger partial charge < -0.3 is 14.3 Å². The molecule has 0 saturated heterocycles. The summed E-state index contributed by atoms with van der Waals surface area (Å²) in [5.41, 5.74) is 0.775. The Morgan fingerprint density at radius 3 is 2.93 bits per heavy atom. The average molecular weight is 192 g/mol. The Kier molecular flexibility index (Phi) is 2.41. The zero-order valence-corrected chi connectivity index (χ0v) is 7.99. The van der Waals surface area contributed by atoms with Crippen LogP contribution in [-0.4, -0.2) is 11.7 Å². The van der Waals surface area contributed by atoms with Gasteiger partial charge in [-0.3, -0.25) is 0 Å². The predicted octanol–water partition coefficient (Wildman–Crippen LogP) is 2.32. The van der Waals surface area contributed by atoms with Crippen molar-refractivity contribution in [2.75, 3.05) is 6.61 Å². The summed E-state index contributed by atoms with van der Waals surface area (Å²) in [5, 5.41) is 9.84. The Labute approximate surface area is 81.9 Å². The zero-order valence-electron chi connectivity index (χ0n) is 7.99. The Hall–Kier alpha value is -1.48. The van der Waals surface area contributed by atoms with Gasteiger partial charge in [0, 0.05) is 5.39 Å². The lowest BCUT2D eigenvalue weighted by Crippen LogP contribution is -1.89. The molecular weight excluding hydrogens is 180 g/mol. The number of furan rings is 1. The normalized spacial score (nSPS) is 10.7.